The summed E-state index contributed by atoms with van der Waals surface area (Å²) in [5.41, 5.74) is -0.150. The predicted octanol–water partition coefficient (Wildman–Crippen LogP) is 4.98. The molecule has 13 heteroatoms. The Morgan fingerprint density at radius 1 is 0.814 bits per heavy atom. The molecule has 2 aromatic rings. The fourth-order valence-corrected chi connectivity index (χ4v) is 3.36. The zero-order chi connectivity index (χ0) is 32.0. The third-order valence-electron chi connectivity index (χ3n) is 5.11. The first-order chi connectivity index (χ1) is 20.3. The van der Waals surface area contributed by atoms with Crippen LogP contribution in [0.2, 0.25) is 0 Å². The lowest BCUT2D eigenvalue weighted by Crippen LogP contribution is -2.46. The molecular formula is C30H37NO12. The van der Waals surface area contributed by atoms with Gasteiger partial charge in [-0.05, 0) is 71.4 Å². The first-order valence-corrected chi connectivity index (χ1v) is 13.6. The Balaban J connectivity index is 2.24. The van der Waals surface area contributed by atoms with Gasteiger partial charge >= 0.3 is 30.3 Å². The van der Waals surface area contributed by atoms with Gasteiger partial charge in [0.05, 0.1) is 18.8 Å². The zero-order valence-electron chi connectivity index (χ0n) is 25.0. The smallest absolute Gasteiger partial charge is 0.458 e. The summed E-state index contributed by atoms with van der Waals surface area (Å²) in [4.78, 5) is 61.9. The first-order valence-electron chi connectivity index (χ1n) is 13.6. The highest BCUT2D eigenvalue weighted by molar-refractivity contribution is 5.89. The van der Waals surface area contributed by atoms with Crippen LogP contribution in [0.25, 0.3) is 0 Å². The molecule has 234 valence electrons. The van der Waals surface area contributed by atoms with Crippen molar-refractivity contribution < 1.29 is 57.1 Å². The van der Waals surface area contributed by atoms with Crippen LogP contribution in [0.5, 0.6) is 11.5 Å². The minimum absolute atomic E-state index is 0.0269. The van der Waals surface area contributed by atoms with Gasteiger partial charge < -0.3 is 38.5 Å². The Morgan fingerprint density at radius 2 is 1.42 bits per heavy atom. The molecule has 13 nitrogen and oxygen atoms in total. The molecule has 0 saturated carbocycles. The summed E-state index contributed by atoms with van der Waals surface area (Å²) >= 11 is 0. The van der Waals surface area contributed by atoms with Crippen molar-refractivity contribution in [1.82, 2.24) is 5.32 Å². The second-order valence-corrected chi connectivity index (χ2v) is 9.97. The molecular weight excluding hydrogens is 566 g/mol. The molecule has 43 heavy (non-hydrogen) atoms. The van der Waals surface area contributed by atoms with Gasteiger partial charge in [0.1, 0.15) is 24.4 Å². The Labute approximate surface area is 249 Å². The van der Waals surface area contributed by atoms with Gasteiger partial charge in [0.15, 0.2) is 11.5 Å². The normalized spacial score (nSPS) is 12.1. The van der Waals surface area contributed by atoms with Crippen molar-refractivity contribution in [2.75, 3.05) is 19.8 Å². The average Bonchev–Trinajstić information content (AvgIpc) is 2.92. The molecule has 0 unspecified atom stereocenters. The number of rotatable bonds is 12. The zero-order valence-corrected chi connectivity index (χ0v) is 25.0. The van der Waals surface area contributed by atoms with Crippen molar-refractivity contribution in [3.8, 4) is 11.5 Å². The number of hydrogen-bond donors (Lipinski definition) is 1. The molecule has 0 fully saturated rings. The van der Waals surface area contributed by atoms with E-state index in [4.69, 9.17) is 33.2 Å². The summed E-state index contributed by atoms with van der Waals surface area (Å²) in [6.07, 6.45) is -4.00. The SMILES string of the molecule is CCOC(=O)Oc1ccc(C[C@H](NC(=O)OC(C)(C)C)C(=O)O[C@H](C)COC(=O)c2ccccc2)cc1OC(=O)OCC. The van der Waals surface area contributed by atoms with E-state index in [0.29, 0.717) is 11.1 Å². The van der Waals surface area contributed by atoms with Crippen LogP contribution in [-0.4, -0.2) is 67.9 Å². The van der Waals surface area contributed by atoms with Crippen molar-refractivity contribution in [3.63, 3.8) is 0 Å². The lowest BCUT2D eigenvalue weighted by molar-refractivity contribution is -0.152. The predicted molar refractivity (Wildman–Crippen MR) is 151 cm³/mol. The van der Waals surface area contributed by atoms with Crippen LogP contribution in [0.1, 0.15) is 57.5 Å². The van der Waals surface area contributed by atoms with Gasteiger partial charge in [0.25, 0.3) is 0 Å². The molecule has 2 aromatic carbocycles. The third-order valence-corrected chi connectivity index (χ3v) is 5.11. The third kappa shape index (κ3) is 12.7. The molecule has 2 rings (SSSR count). The molecule has 0 aliphatic heterocycles. The van der Waals surface area contributed by atoms with Gasteiger partial charge in [-0.25, -0.2) is 24.0 Å². The molecule has 0 aromatic heterocycles. The number of esters is 2. The summed E-state index contributed by atoms with van der Waals surface area (Å²) in [6.45, 7) is 9.50. The molecule has 2 atom stereocenters. The molecule has 0 radical (unpaired) electrons. The number of ether oxygens (including phenoxy) is 7. The average molecular weight is 604 g/mol. The molecule has 0 heterocycles. The topological polar surface area (TPSA) is 162 Å². The van der Waals surface area contributed by atoms with E-state index in [2.05, 4.69) is 5.32 Å². The van der Waals surface area contributed by atoms with Crippen molar-refractivity contribution in [3.05, 3.63) is 59.7 Å². The minimum Gasteiger partial charge on any atom is -0.458 e. The highest BCUT2D eigenvalue weighted by atomic mass is 16.7. The van der Waals surface area contributed by atoms with Crippen molar-refractivity contribution >= 4 is 30.3 Å². The van der Waals surface area contributed by atoms with Crippen LogP contribution < -0.4 is 14.8 Å². The number of amides is 1. The van der Waals surface area contributed by atoms with Gasteiger partial charge in [0, 0.05) is 6.42 Å². The van der Waals surface area contributed by atoms with Gasteiger partial charge in [-0.2, -0.15) is 0 Å². The summed E-state index contributed by atoms with van der Waals surface area (Å²) in [6, 6.07) is 11.1. The molecule has 0 aliphatic carbocycles. The fourth-order valence-electron chi connectivity index (χ4n) is 3.36. The van der Waals surface area contributed by atoms with E-state index in [1.807, 2.05) is 0 Å². The maximum Gasteiger partial charge on any atom is 0.513 e. The number of nitrogens with one attached hydrogen (secondary N) is 1. The van der Waals surface area contributed by atoms with Crippen molar-refractivity contribution in [2.24, 2.45) is 0 Å². The lowest BCUT2D eigenvalue weighted by Gasteiger charge is -2.24. The quantitative estimate of drug-likeness (QED) is 0.197. The molecule has 0 bridgehead atoms. The van der Waals surface area contributed by atoms with Crippen LogP contribution in [-0.2, 0) is 34.9 Å². The van der Waals surface area contributed by atoms with Crippen molar-refractivity contribution in [1.29, 1.82) is 0 Å². The highest BCUT2D eigenvalue weighted by Gasteiger charge is 2.28. The second kappa shape index (κ2) is 16.6. The lowest BCUT2D eigenvalue weighted by atomic mass is 10.1. The Bertz CT molecular complexity index is 1260. The second-order valence-electron chi connectivity index (χ2n) is 9.97. The summed E-state index contributed by atoms with van der Waals surface area (Å²) in [5.74, 6) is -1.79. The first kappa shape index (κ1) is 34.4. The van der Waals surface area contributed by atoms with Crippen molar-refractivity contribution in [2.45, 2.75) is 65.7 Å². The molecule has 0 spiro atoms. The van der Waals surface area contributed by atoms with E-state index in [0.717, 1.165) is 0 Å². The number of hydrogen-bond acceptors (Lipinski definition) is 12. The fraction of sp³-hybridized carbons (Fsp3) is 0.433. The summed E-state index contributed by atoms with van der Waals surface area (Å²) in [7, 11) is 0. The van der Waals surface area contributed by atoms with Crippen LogP contribution >= 0.6 is 0 Å². The van der Waals surface area contributed by atoms with E-state index in [1.54, 1.807) is 65.0 Å². The molecule has 1 N–H and O–H groups in total. The largest absolute Gasteiger partial charge is 0.513 e. The van der Waals surface area contributed by atoms with Gasteiger partial charge in [-0.3, -0.25) is 0 Å². The number of carbonyl (C=O) groups excluding carboxylic acids is 5. The van der Waals surface area contributed by atoms with Gasteiger partial charge in [-0.15, -0.1) is 0 Å². The van der Waals surface area contributed by atoms with E-state index < -0.39 is 48.1 Å². The van der Waals surface area contributed by atoms with E-state index >= 15 is 0 Å². The molecule has 0 saturated heterocycles. The van der Waals surface area contributed by atoms with Crippen LogP contribution in [0.15, 0.2) is 48.5 Å². The van der Waals surface area contributed by atoms with Crippen LogP contribution in [0.3, 0.4) is 0 Å². The minimum atomic E-state index is -1.28. The van der Waals surface area contributed by atoms with E-state index in [1.165, 1.54) is 25.1 Å². The molecule has 0 aliphatic rings. The van der Waals surface area contributed by atoms with E-state index in [9.17, 15) is 24.0 Å². The summed E-state index contributed by atoms with van der Waals surface area (Å²) < 4.78 is 35.8. The van der Waals surface area contributed by atoms with Crippen LogP contribution in [0.4, 0.5) is 14.4 Å². The maximum absolute atomic E-state index is 13.2. The Kier molecular flexibility index (Phi) is 13.3. The number of benzene rings is 2. The number of alkyl carbamates (subject to hydrolysis) is 1. The Hall–Kier alpha value is -4.81. The van der Waals surface area contributed by atoms with Gasteiger partial charge in [-0.1, -0.05) is 24.3 Å². The van der Waals surface area contributed by atoms with E-state index in [-0.39, 0.29) is 37.7 Å². The maximum atomic E-state index is 13.2. The molecule has 1 amide bonds. The van der Waals surface area contributed by atoms with Crippen LogP contribution in [0, 0.1) is 0 Å². The Morgan fingerprint density at radius 3 is 2.00 bits per heavy atom. The summed E-state index contributed by atoms with van der Waals surface area (Å²) in [5, 5.41) is 2.48. The monoisotopic (exact) mass is 603 g/mol. The van der Waals surface area contributed by atoms with Gasteiger partial charge in [0.2, 0.25) is 0 Å². The number of carbonyl (C=O) groups is 5. The highest BCUT2D eigenvalue weighted by Crippen LogP contribution is 2.30. The standard InChI is InChI=1S/C30H37NO12/c1-7-37-28(35)41-23-15-14-20(17-24(23)42-29(36)38-8-2)16-22(31-27(34)43-30(4,5)6)26(33)40-19(3)18-39-25(32)21-12-10-9-11-13-21/h9-15,17,19,22H,7-8,16,18H2,1-6H3,(H,31,34)/t19-,22+/m1/s1.